The predicted molar refractivity (Wildman–Crippen MR) is 108 cm³/mol. The number of aromatic nitrogens is 1. The quantitative estimate of drug-likeness (QED) is 0.618. The number of benzene rings is 2. The third-order valence-electron chi connectivity index (χ3n) is 4.25. The van der Waals surface area contributed by atoms with Gasteiger partial charge in [0.05, 0.1) is 19.9 Å². The third-order valence-corrected chi connectivity index (χ3v) is 5.46. The van der Waals surface area contributed by atoms with Crippen molar-refractivity contribution in [2.75, 3.05) is 20.8 Å². The summed E-state index contributed by atoms with van der Waals surface area (Å²) in [6.45, 7) is 2.02. The van der Waals surface area contributed by atoms with Crippen molar-refractivity contribution in [2.45, 2.75) is 13.3 Å². The molecular weight excluding hydrogens is 398 g/mol. The van der Waals surface area contributed by atoms with Crippen molar-refractivity contribution in [3.05, 3.63) is 64.2 Å². The Bertz CT molecular complexity index is 1020. The van der Waals surface area contributed by atoms with Crippen LogP contribution in [0.25, 0.3) is 10.6 Å². The lowest BCUT2D eigenvalue weighted by Crippen LogP contribution is -2.25. The molecule has 0 bridgehead atoms. The van der Waals surface area contributed by atoms with E-state index in [0.717, 1.165) is 11.6 Å². The summed E-state index contributed by atoms with van der Waals surface area (Å²) in [4.78, 5) is 17.5. The van der Waals surface area contributed by atoms with Crippen LogP contribution in [0.3, 0.4) is 0 Å². The molecule has 5 nitrogen and oxygen atoms in total. The Balaban J connectivity index is 1.70. The molecule has 152 valence electrons. The number of halogens is 2. The summed E-state index contributed by atoms with van der Waals surface area (Å²) < 4.78 is 37.0. The van der Waals surface area contributed by atoms with E-state index in [0.29, 0.717) is 39.1 Å². The van der Waals surface area contributed by atoms with Gasteiger partial charge in [0.1, 0.15) is 21.5 Å². The molecule has 1 heterocycles. The second kappa shape index (κ2) is 9.00. The number of carbonyl (C=O) groups is 1. The van der Waals surface area contributed by atoms with Crippen LogP contribution in [0.1, 0.15) is 20.9 Å². The molecule has 1 amide bonds. The van der Waals surface area contributed by atoms with Gasteiger partial charge >= 0.3 is 0 Å². The van der Waals surface area contributed by atoms with Gasteiger partial charge in [-0.25, -0.2) is 13.8 Å². The number of nitrogens with zero attached hydrogens (tertiary/aromatic N) is 1. The minimum Gasteiger partial charge on any atom is -0.493 e. The third kappa shape index (κ3) is 4.89. The number of rotatable bonds is 7. The maximum Gasteiger partial charge on any atom is 0.263 e. The van der Waals surface area contributed by atoms with Gasteiger partial charge in [0.25, 0.3) is 5.91 Å². The molecule has 0 radical (unpaired) electrons. The highest BCUT2D eigenvalue weighted by Gasteiger charge is 2.17. The lowest BCUT2D eigenvalue weighted by atomic mass is 10.1. The molecule has 0 unspecified atom stereocenters. The zero-order valence-corrected chi connectivity index (χ0v) is 17.0. The first-order valence-electron chi connectivity index (χ1n) is 8.84. The van der Waals surface area contributed by atoms with Crippen LogP contribution in [0.2, 0.25) is 0 Å². The molecule has 0 aliphatic heterocycles. The average Bonchev–Trinajstić information content (AvgIpc) is 3.08. The fraction of sp³-hybridized carbons (Fsp3) is 0.238. The van der Waals surface area contributed by atoms with Gasteiger partial charge in [-0.3, -0.25) is 4.79 Å². The van der Waals surface area contributed by atoms with Gasteiger partial charge in [-0.15, -0.1) is 11.3 Å². The van der Waals surface area contributed by atoms with Crippen LogP contribution in [-0.2, 0) is 6.42 Å². The normalized spacial score (nSPS) is 10.7. The maximum atomic E-state index is 13.2. The SMILES string of the molecule is COc1ccc(-c2nc(C)c(C(=O)NCCc3cc(F)cc(F)c3)s2)cc1OC. The molecule has 1 aromatic heterocycles. The van der Waals surface area contributed by atoms with E-state index in [2.05, 4.69) is 10.3 Å². The van der Waals surface area contributed by atoms with E-state index in [1.165, 1.54) is 23.5 Å². The monoisotopic (exact) mass is 418 g/mol. The molecule has 8 heteroatoms. The highest BCUT2D eigenvalue weighted by Crippen LogP contribution is 2.34. The van der Waals surface area contributed by atoms with Gasteiger partial charge in [0.15, 0.2) is 11.5 Å². The van der Waals surface area contributed by atoms with Crippen molar-refractivity contribution in [2.24, 2.45) is 0 Å². The van der Waals surface area contributed by atoms with Crippen LogP contribution in [-0.4, -0.2) is 31.7 Å². The Morgan fingerprint density at radius 3 is 2.41 bits per heavy atom. The molecule has 3 rings (SSSR count). The highest BCUT2D eigenvalue weighted by molar-refractivity contribution is 7.17. The van der Waals surface area contributed by atoms with Crippen molar-refractivity contribution in [1.29, 1.82) is 0 Å². The Morgan fingerprint density at radius 2 is 1.76 bits per heavy atom. The van der Waals surface area contributed by atoms with Crippen LogP contribution in [0, 0.1) is 18.6 Å². The van der Waals surface area contributed by atoms with E-state index in [9.17, 15) is 13.6 Å². The van der Waals surface area contributed by atoms with Gasteiger partial charge < -0.3 is 14.8 Å². The van der Waals surface area contributed by atoms with Crippen LogP contribution >= 0.6 is 11.3 Å². The number of amides is 1. The Hall–Kier alpha value is -3.00. The van der Waals surface area contributed by atoms with Crippen LogP contribution < -0.4 is 14.8 Å². The first-order chi connectivity index (χ1) is 13.9. The Kier molecular flexibility index (Phi) is 6.43. The van der Waals surface area contributed by atoms with Crippen LogP contribution in [0.15, 0.2) is 36.4 Å². The number of nitrogens with one attached hydrogen (secondary N) is 1. The number of hydrogen-bond acceptors (Lipinski definition) is 5. The lowest BCUT2D eigenvalue weighted by Gasteiger charge is -2.08. The van der Waals surface area contributed by atoms with Gasteiger partial charge in [-0.05, 0) is 49.2 Å². The fourth-order valence-corrected chi connectivity index (χ4v) is 3.83. The molecule has 1 N–H and O–H groups in total. The second-order valence-electron chi connectivity index (χ2n) is 6.29. The standard InChI is InChI=1S/C21H20F2N2O3S/c1-12-19(20(26)24-7-6-13-8-15(22)11-16(23)9-13)29-21(25-12)14-4-5-17(27-2)18(10-14)28-3/h4-5,8-11H,6-7H2,1-3H3,(H,24,26). The molecule has 0 saturated heterocycles. The van der Waals surface area contributed by atoms with Gasteiger partial charge in [0, 0.05) is 18.2 Å². The Morgan fingerprint density at radius 1 is 1.07 bits per heavy atom. The molecule has 0 saturated carbocycles. The fourth-order valence-electron chi connectivity index (χ4n) is 2.86. The van der Waals surface area contributed by atoms with Gasteiger partial charge in [0.2, 0.25) is 0 Å². The minimum atomic E-state index is -0.635. The lowest BCUT2D eigenvalue weighted by molar-refractivity contribution is 0.0957. The van der Waals surface area contributed by atoms with Crippen molar-refractivity contribution >= 4 is 17.2 Å². The largest absolute Gasteiger partial charge is 0.493 e. The van der Waals surface area contributed by atoms with Crippen LogP contribution in [0.4, 0.5) is 8.78 Å². The summed E-state index contributed by atoms with van der Waals surface area (Å²) in [5, 5.41) is 3.46. The highest BCUT2D eigenvalue weighted by atomic mass is 32.1. The topological polar surface area (TPSA) is 60.5 Å². The predicted octanol–water partition coefficient (Wildman–Crippen LogP) is 4.39. The molecule has 0 aliphatic rings. The minimum absolute atomic E-state index is 0.255. The van der Waals surface area contributed by atoms with E-state index in [1.54, 1.807) is 33.3 Å². The second-order valence-corrected chi connectivity index (χ2v) is 7.29. The first-order valence-corrected chi connectivity index (χ1v) is 9.66. The van der Waals surface area contributed by atoms with E-state index in [4.69, 9.17) is 9.47 Å². The number of thiazole rings is 1. The van der Waals surface area contributed by atoms with Crippen molar-refractivity contribution in [3.8, 4) is 22.1 Å². The summed E-state index contributed by atoms with van der Waals surface area (Å²) in [6.07, 6.45) is 0.320. The average molecular weight is 418 g/mol. The zero-order chi connectivity index (χ0) is 21.0. The maximum absolute atomic E-state index is 13.2. The molecule has 3 aromatic rings. The smallest absolute Gasteiger partial charge is 0.263 e. The number of carbonyl (C=O) groups excluding carboxylic acids is 1. The molecule has 0 spiro atoms. The van der Waals surface area contributed by atoms with E-state index >= 15 is 0 Å². The summed E-state index contributed by atoms with van der Waals surface area (Å²) in [6, 6.07) is 8.75. The first kappa shape index (κ1) is 20.7. The summed E-state index contributed by atoms with van der Waals surface area (Å²) >= 11 is 1.26. The van der Waals surface area contributed by atoms with E-state index in [1.807, 2.05) is 6.07 Å². The number of ether oxygens (including phenoxy) is 2. The van der Waals surface area contributed by atoms with Crippen molar-refractivity contribution in [1.82, 2.24) is 10.3 Å². The molecular formula is C21H20F2N2O3S. The number of methoxy groups -OCH3 is 2. The molecule has 2 aromatic carbocycles. The molecule has 0 aliphatic carbocycles. The van der Waals surface area contributed by atoms with Crippen LogP contribution in [0.5, 0.6) is 11.5 Å². The Labute approximate surface area is 171 Å². The van der Waals surface area contributed by atoms with Crippen molar-refractivity contribution in [3.63, 3.8) is 0 Å². The van der Waals surface area contributed by atoms with E-state index < -0.39 is 11.6 Å². The zero-order valence-electron chi connectivity index (χ0n) is 16.2. The molecule has 0 fully saturated rings. The summed E-state index contributed by atoms with van der Waals surface area (Å²) in [7, 11) is 3.11. The van der Waals surface area contributed by atoms with Gasteiger partial charge in [-0.1, -0.05) is 0 Å². The number of aryl methyl sites for hydroxylation is 1. The molecule has 29 heavy (non-hydrogen) atoms. The van der Waals surface area contributed by atoms with Gasteiger partial charge in [-0.2, -0.15) is 0 Å². The summed E-state index contributed by atoms with van der Waals surface area (Å²) in [5.41, 5.74) is 1.90. The molecule has 0 atom stereocenters. The van der Waals surface area contributed by atoms with Crippen molar-refractivity contribution < 1.29 is 23.0 Å². The van der Waals surface area contributed by atoms with E-state index in [-0.39, 0.29) is 12.5 Å². The number of hydrogen-bond donors (Lipinski definition) is 1. The summed E-state index contributed by atoms with van der Waals surface area (Å²) in [5.74, 6) is -0.362.